The summed E-state index contributed by atoms with van der Waals surface area (Å²) in [7, 11) is 1.62. The molecule has 25 heavy (non-hydrogen) atoms. The van der Waals surface area contributed by atoms with Crippen molar-refractivity contribution in [3.05, 3.63) is 42.0 Å². The van der Waals surface area contributed by atoms with Gasteiger partial charge in [-0.25, -0.2) is 0 Å². The molecule has 0 aliphatic rings. The molecular weight excluding hydrogens is 314 g/mol. The van der Waals surface area contributed by atoms with E-state index in [9.17, 15) is 5.11 Å². The van der Waals surface area contributed by atoms with Gasteiger partial charge in [0.25, 0.3) is 0 Å². The van der Waals surface area contributed by atoms with E-state index in [4.69, 9.17) is 4.74 Å². The molecule has 0 radical (unpaired) electrons. The van der Waals surface area contributed by atoms with Crippen LogP contribution in [0, 0.1) is 0 Å². The van der Waals surface area contributed by atoms with E-state index in [1.165, 1.54) is 30.5 Å². The number of ether oxygens (including phenoxy) is 1. The minimum absolute atomic E-state index is 0.207. The van der Waals surface area contributed by atoms with E-state index in [0.717, 1.165) is 35.2 Å². The molecule has 1 aromatic heterocycles. The van der Waals surface area contributed by atoms with Gasteiger partial charge < -0.3 is 9.84 Å². The zero-order valence-electron chi connectivity index (χ0n) is 14.9. The molecule has 0 atom stereocenters. The van der Waals surface area contributed by atoms with Crippen molar-refractivity contribution >= 4 is 11.0 Å². The summed E-state index contributed by atoms with van der Waals surface area (Å²) in [5.74, 6) is 0.945. The number of benzene rings is 2. The lowest BCUT2D eigenvalue weighted by molar-refractivity contribution is 0.415. The molecule has 3 aromatic rings. The fraction of sp³-hybridized carbons (Fsp3) is 0.400. The Morgan fingerprint density at radius 1 is 0.960 bits per heavy atom. The maximum absolute atomic E-state index is 10.4. The summed E-state index contributed by atoms with van der Waals surface area (Å²) in [4.78, 5) is 1.48. The van der Waals surface area contributed by atoms with Gasteiger partial charge >= 0.3 is 0 Å². The third-order valence-corrected chi connectivity index (χ3v) is 4.41. The molecule has 0 aliphatic heterocycles. The van der Waals surface area contributed by atoms with E-state index >= 15 is 0 Å². The first-order valence-electron chi connectivity index (χ1n) is 8.94. The van der Waals surface area contributed by atoms with Crippen LogP contribution in [-0.2, 0) is 6.42 Å². The highest BCUT2D eigenvalue weighted by atomic mass is 16.5. The predicted molar refractivity (Wildman–Crippen MR) is 99.5 cm³/mol. The van der Waals surface area contributed by atoms with Gasteiger partial charge in [-0.05, 0) is 42.7 Å². The maximum Gasteiger partial charge on any atom is 0.143 e. The van der Waals surface area contributed by atoms with Gasteiger partial charge in [-0.2, -0.15) is 0 Å². The molecule has 132 valence electrons. The Balaban J connectivity index is 1.74. The Bertz CT molecular complexity index is 842. The summed E-state index contributed by atoms with van der Waals surface area (Å²) in [6.07, 6.45) is 7.23. The second-order valence-electron chi connectivity index (χ2n) is 6.33. The van der Waals surface area contributed by atoms with E-state index in [0.29, 0.717) is 5.69 Å². The molecule has 0 amide bonds. The SMILES string of the molecule is CCCCCCCc1ccc(-n2nc3ccc(OC)cc3n2)c(O)c1. The largest absolute Gasteiger partial charge is 0.506 e. The highest BCUT2D eigenvalue weighted by Gasteiger charge is 2.10. The van der Waals surface area contributed by atoms with Gasteiger partial charge in [0, 0.05) is 6.07 Å². The lowest BCUT2D eigenvalue weighted by Gasteiger charge is -2.06. The molecule has 2 aromatic carbocycles. The molecule has 1 heterocycles. The Labute approximate surface area is 148 Å². The van der Waals surface area contributed by atoms with Crippen molar-refractivity contribution in [3.63, 3.8) is 0 Å². The third-order valence-electron chi connectivity index (χ3n) is 4.41. The summed E-state index contributed by atoms with van der Waals surface area (Å²) >= 11 is 0. The molecule has 1 N–H and O–H groups in total. The van der Waals surface area contributed by atoms with Gasteiger partial charge in [-0.1, -0.05) is 38.7 Å². The monoisotopic (exact) mass is 339 g/mol. The second-order valence-corrected chi connectivity index (χ2v) is 6.33. The third kappa shape index (κ3) is 4.10. The molecule has 0 saturated heterocycles. The average Bonchev–Trinajstić information content (AvgIpc) is 3.04. The Kier molecular flexibility index (Phi) is 5.53. The van der Waals surface area contributed by atoms with Crippen molar-refractivity contribution < 1.29 is 9.84 Å². The minimum atomic E-state index is 0.207. The van der Waals surface area contributed by atoms with Crippen LogP contribution < -0.4 is 4.74 Å². The van der Waals surface area contributed by atoms with Gasteiger partial charge in [0.2, 0.25) is 0 Å². The Morgan fingerprint density at radius 2 is 1.76 bits per heavy atom. The van der Waals surface area contributed by atoms with Gasteiger partial charge in [-0.15, -0.1) is 15.0 Å². The van der Waals surface area contributed by atoms with Crippen molar-refractivity contribution in [2.45, 2.75) is 45.4 Å². The van der Waals surface area contributed by atoms with Crippen LogP contribution in [0.25, 0.3) is 16.7 Å². The number of phenols is 1. The molecule has 0 bridgehead atoms. The van der Waals surface area contributed by atoms with Crippen LogP contribution in [0.4, 0.5) is 0 Å². The molecule has 0 saturated carbocycles. The lowest BCUT2D eigenvalue weighted by Crippen LogP contribution is -1.99. The number of hydrogen-bond acceptors (Lipinski definition) is 4. The first-order chi connectivity index (χ1) is 12.2. The average molecular weight is 339 g/mol. The van der Waals surface area contributed by atoms with E-state index < -0.39 is 0 Å². The quantitative estimate of drug-likeness (QED) is 0.607. The van der Waals surface area contributed by atoms with Gasteiger partial charge in [-0.3, -0.25) is 0 Å². The van der Waals surface area contributed by atoms with Crippen LogP contribution in [0.5, 0.6) is 11.5 Å². The standard InChI is InChI=1S/C20H25N3O2/c1-3-4-5-6-7-8-15-9-12-19(20(24)13-15)23-21-17-11-10-16(25-2)14-18(17)22-23/h9-14,24H,3-8H2,1-2H3. The second kappa shape index (κ2) is 8.01. The molecule has 3 rings (SSSR count). The summed E-state index contributed by atoms with van der Waals surface area (Å²) in [5.41, 5.74) is 3.24. The topological polar surface area (TPSA) is 60.2 Å². The van der Waals surface area contributed by atoms with Crippen molar-refractivity contribution in [1.29, 1.82) is 0 Å². The number of aromatic hydroxyl groups is 1. The normalized spacial score (nSPS) is 11.1. The molecule has 0 spiro atoms. The molecule has 0 aliphatic carbocycles. The number of fused-ring (bicyclic) bond motifs is 1. The number of unbranched alkanes of at least 4 members (excludes halogenated alkanes) is 4. The smallest absolute Gasteiger partial charge is 0.143 e. The molecule has 0 unspecified atom stereocenters. The first-order valence-corrected chi connectivity index (χ1v) is 8.94. The first kappa shape index (κ1) is 17.3. The highest BCUT2D eigenvalue weighted by Crippen LogP contribution is 2.25. The number of methoxy groups -OCH3 is 1. The number of aryl methyl sites for hydroxylation is 1. The highest BCUT2D eigenvalue weighted by molar-refractivity contribution is 5.75. The summed E-state index contributed by atoms with van der Waals surface area (Å²) in [6.45, 7) is 2.22. The van der Waals surface area contributed by atoms with Crippen LogP contribution in [0.1, 0.15) is 44.6 Å². The molecule has 0 fully saturated rings. The summed E-state index contributed by atoms with van der Waals surface area (Å²) in [5, 5.41) is 19.3. The minimum Gasteiger partial charge on any atom is -0.506 e. The summed E-state index contributed by atoms with van der Waals surface area (Å²) < 4.78 is 5.21. The van der Waals surface area contributed by atoms with Gasteiger partial charge in [0.05, 0.1) is 7.11 Å². The van der Waals surface area contributed by atoms with Crippen molar-refractivity contribution in [2.24, 2.45) is 0 Å². The van der Waals surface area contributed by atoms with Crippen LogP contribution in [0.2, 0.25) is 0 Å². The van der Waals surface area contributed by atoms with Crippen molar-refractivity contribution in [3.8, 4) is 17.2 Å². The van der Waals surface area contributed by atoms with Gasteiger partial charge in [0.1, 0.15) is 28.2 Å². The molecule has 5 heteroatoms. The number of phenolic OH excluding ortho intramolecular Hbond substituents is 1. The fourth-order valence-corrected chi connectivity index (χ4v) is 2.96. The summed E-state index contributed by atoms with van der Waals surface area (Å²) in [6, 6.07) is 11.3. The van der Waals surface area contributed by atoms with Crippen LogP contribution in [0.15, 0.2) is 36.4 Å². The van der Waals surface area contributed by atoms with E-state index in [1.54, 1.807) is 7.11 Å². The van der Waals surface area contributed by atoms with Crippen molar-refractivity contribution in [1.82, 2.24) is 15.0 Å². The van der Waals surface area contributed by atoms with E-state index in [2.05, 4.69) is 17.1 Å². The van der Waals surface area contributed by atoms with Crippen LogP contribution in [-0.4, -0.2) is 27.2 Å². The number of nitrogens with zero attached hydrogens (tertiary/aromatic N) is 3. The Hall–Kier alpha value is -2.56. The van der Waals surface area contributed by atoms with Crippen LogP contribution >= 0.6 is 0 Å². The lowest BCUT2D eigenvalue weighted by atomic mass is 10.0. The number of rotatable bonds is 8. The molecular formula is C20H25N3O2. The Morgan fingerprint density at radius 3 is 2.52 bits per heavy atom. The maximum atomic E-state index is 10.4. The zero-order chi connectivity index (χ0) is 17.6. The van der Waals surface area contributed by atoms with Crippen LogP contribution in [0.3, 0.4) is 0 Å². The zero-order valence-corrected chi connectivity index (χ0v) is 14.9. The predicted octanol–water partition coefficient (Wildman–Crippen LogP) is 4.65. The van der Waals surface area contributed by atoms with Crippen molar-refractivity contribution in [2.75, 3.05) is 7.11 Å². The van der Waals surface area contributed by atoms with Gasteiger partial charge in [0.15, 0.2) is 0 Å². The molecule has 5 nitrogen and oxygen atoms in total. The van der Waals surface area contributed by atoms with E-state index in [-0.39, 0.29) is 5.75 Å². The number of aromatic nitrogens is 3. The number of hydrogen-bond donors (Lipinski definition) is 1. The van der Waals surface area contributed by atoms with E-state index in [1.807, 2.05) is 36.4 Å². The fourth-order valence-electron chi connectivity index (χ4n) is 2.96.